The summed E-state index contributed by atoms with van der Waals surface area (Å²) in [5.74, 6) is -0.508. The molecule has 1 aliphatic rings. The van der Waals surface area contributed by atoms with Gasteiger partial charge in [-0.3, -0.25) is 9.78 Å². The highest BCUT2D eigenvalue weighted by molar-refractivity contribution is 5.96. The molecule has 5 nitrogen and oxygen atoms in total. The minimum Gasteiger partial charge on any atom is -0.459 e. The Kier molecular flexibility index (Phi) is 4.89. The van der Waals surface area contributed by atoms with Gasteiger partial charge in [0.25, 0.3) is 5.91 Å². The molecule has 1 aromatic carbocycles. The van der Waals surface area contributed by atoms with Gasteiger partial charge in [0.15, 0.2) is 0 Å². The van der Waals surface area contributed by atoms with Gasteiger partial charge in [-0.05, 0) is 37.5 Å². The molecule has 3 rings (SSSR count). The van der Waals surface area contributed by atoms with Gasteiger partial charge in [0.1, 0.15) is 12.6 Å². The highest BCUT2D eigenvalue weighted by Gasteiger charge is 2.35. The number of nitrogens with zero attached hydrogens (tertiary/aromatic N) is 2. The molecular weight excluding hydrogens is 304 g/mol. The van der Waals surface area contributed by atoms with Crippen molar-refractivity contribution in [3.63, 3.8) is 0 Å². The van der Waals surface area contributed by atoms with E-state index in [1.54, 1.807) is 23.2 Å². The second-order valence-electron chi connectivity index (χ2n) is 5.94. The number of ether oxygens (including phenoxy) is 1. The van der Waals surface area contributed by atoms with Crippen molar-refractivity contribution < 1.29 is 14.3 Å². The molecular formula is C19H20N2O3. The first kappa shape index (κ1) is 16.2. The molecule has 1 fully saturated rings. The minimum absolute atomic E-state index is 0.165. The van der Waals surface area contributed by atoms with Crippen LogP contribution in [0.4, 0.5) is 0 Å². The van der Waals surface area contributed by atoms with Crippen molar-refractivity contribution in [3.05, 3.63) is 65.5 Å². The number of benzene rings is 1. The van der Waals surface area contributed by atoms with E-state index in [0.717, 1.165) is 17.7 Å². The van der Waals surface area contributed by atoms with Gasteiger partial charge in [-0.15, -0.1) is 0 Å². The Balaban J connectivity index is 1.65. The summed E-state index contributed by atoms with van der Waals surface area (Å²) in [5.41, 5.74) is 2.29. The Morgan fingerprint density at radius 2 is 2.00 bits per heavy atom. The molecule has 0 radical (unpaired) electrons. The number of amides is 1. The van der Waals surface area contributed by atoms with Crippen LogP contribution in [0, 0.1) is 6.92 Å². The highest BCUT2D eigenvalue weighted by Crippen LogP contribution is 2.21. The highest BCUT2D eigenvalue weighted by atomic mass is 16.5. The molecule has 0 spiro atoms. The molecule has 0 bridgehead atoms. The van der Waals surface area contributed by atoms with E-state index in [0.29, 0.717) is 18.5 Å². The number of hydrogen-bond acceptors (Lipinski definition) is 4. The average Bonchev–Trinajstić information content (AvgIpc) is 3.10. The predicted octanol–water partition coefficient (Wildman–Crippen LogP) is 2.74. The first-order valence-electron chi connectivity index (χ1n) is 8.09. The predicted molar refractivity (Wildman–Crippen MR) is 89.3 cm³/mol. The molecule has 124 valence electrons. The van der Waals surface area contributed by atoms with Gasteiger partial charge >= 0.3 is 5.97 Å². The largest absolute Gasteiger partial charge is 0.459 e. The third-order valence-corrected chi connectivity index (χ3v) is 4.17. The Labute approximate surface area is 141 Å². The second-order valence-corrected chi connectivity index (χ2v) is 5.94. The number of esters is 1. The summed E-state index contributed by atoms with van der Waals surface area (Å²) >= 11 is 0. The average molecular weight is 324 g/mol. The summed E-state index contributed by atoms with van der Waals surface area (Å²) in [5, 5.41) is 0. The summed E-state index contributed by atoms with van der Waals surface area (Å²) in [6, 6.07) is 12.6. The Hall–Kier alpha value is -2.69. The van der Waals surface area contributed by atoms with Crippen LogP contribution in [0.3, 0.4) is 0 Å². The fourth-order valence-corrected chi connectivity index (χ4v) is 2.84. The molecule has 2 heterocycles. The fraction of sp³-hybridized carbons (Fsp3) is 0.316. The van der Waals surface area contributed by atoms with Gasteiger partial charge in [-0.2, -0.15) is 0 Å². The van der Waals surface area contributed by atoms with E-state index in [1.807, 2.05) is 37.3 Å². The summed E-state index contributed by atoms with van der Waals surface area (Å²) in [6.45, 7) is 2.66. The molecule has 1 aromatic heterocycles. The van der Waals surface area contributed by atoms with E-state index in [1.165, 1.54) is 0 Å². The Bertz CT molecular complexity index is 713. The number of hydrogen-bond donors (Lipinski definition) is 0. The maximum atomic E-state index is 12.6. The third-order valence-electron chi connectivity index (χ3n) is 4.17. The van der Waals surface area contributed by atoms with Gasteiger partial charge in [-0.25, -0.2) is 4.79 Å². The van der Waals surface area contributed by atoms with E-state index in [-0.39, 0.29) is 18.5 Å². The molecule has 0 saturated carbocycles. The lowest BCUT2D eigenvalue weighted by atomic mass is 10.2. The van der Waals surface area contributed by atoms with Crippen LogP contribution >= 0.6 is 0 Å². The standard InChI is InChI=1S/C19H20N2O3/c1-14-9-10-16(12-20-14)18(22)21-11-5-8-17(21)19(23)24-13-15-6-3-2-4-7-15/h2-4,6-7,9-10,12,17H,5,8,11,13H2,1H3/t17-/m0/s1. The molecule has 5 heteroatoms. The van der Waals surface area contributed by atoms with Crippen molar-refractivity contribution >= 4 is 11.9 Å². The second kappa shape index (κ2) is 7.25. The van der Waals surface area contributed by atoms with Crippen molar-refractivity contribution in [2.45, 2.75) is 32.4 Å². The van der Waals surface area contributed by atoms with Gasteiger partial charge in [0, 0.05) is 18.4 Å². The molecule has 24 heavy (non-hydrogen) atoms. The molecule has 0 N–H and O–H groups in total. The fourth-order valence-electron chi connectivity index (χ4n) is 2.84. The minimum atomic E-state index is -0.512. The molecule has 1 amide bonds. The van der Waals surface area contributed by atoms with Crippen molar-refractivity contribution in [3.8, 4) is 0 Å². The zero-order valence-corrected chi connectivity index (χ0v) is 13.6. The molecule has 1 atom stereocenters. The van der Waals surface area contributed by atoms with E-state index in [9.17, 15) is 9.59 Å². The number of likely N-dealkylation sites (tertiary alicyclic amines) is 1. The van der Waals surface area contributed by atoms with Crippen LogP contribution in [0.5, 0.6) is 0 Å². The van der Waals surface area contributed by atoms with Crippen molar-refractivity contribution in [1.29, 1.82) is 0 Å². The number of aromatic nitrogens is 1. The molecule has 1 aliphatic heterocycles. The van der Waals surface area contributed by atoms with E-state index in [2.05, 4.69) is 4.98 Å². The van der Waals surface area contributed by atoms with Crippen LogP contribution in [0.1, 0.15) is 34.5 Å². The zero-order chi connectivity index (χ0) is 16.9. The van der Waals surface area contributed by atoms with E-state index >= 15 is 0 Å². The summed E-state index contributed by atoms with van der Waals surface area (Å²) in [7, 11) is 0. The summed E-state index contributed by atoms with van der Waals surface area (Å²) in [6.07, 6.45) is 3.00. The topological polar surface area (TPSA) is 59.5 Å². The maximum Gasteiger partial charge on any atom is 0.329 e. The summed E-state index contributed by atoms with van der Waals surface area (Å²) < 4.78 is 5.40. The quantitative estimate of drug-likeness (QED) is 0.812. The lowest BCUT2D eigenvalue weighted by molar-refractivity contribution is -0.149. The van der Waals surface area contributed by atoms with Crippen LogP contribution < -0.4 is 0 Å². The van der Waals surface area contributed by atoms with Gasteiger partial charge in [0.2, 0.25) is 0 Å². The summed E-state index contributed by atoms with van der Waals surface area (Å²) in [4.78, 5) is 30.8. The Morgan fingerprint density at radius 1 is 1.21 bits per heavy atom. The monoisotopic (exact) mass is 324 g/mol. The van der Waals surface area contributed by atoms with E-state index in [4.69, 9.17) is 4.74 Å². The van der Waals surface area contributed by atoms with Crippen LogP contribution in [0.2, 0.25) is 0 Å². The SMILES string of the molecule is Cc1ccc(C(=O)N2CCC[C@H]2C(=O)OCc2ccccc2)cn1. The first-order chi connectivity index (χ1) is 11.6. The van der Waals surface area contributed by atoms with Gasteiger partial charge in [0.05, 0.1) is 5.56 Å². The lowest BCUT2D eigenvalue weighted by Crippen LogP contribution is -2.41. The lowest BCUT2D eigenvalue weighted by Gasteiger charge is -2.23. The molecule has 2 aromatic rings. The number of carbonyl (C=O) groups excluding carboxylic acids is 2. The number of rotatable bonds is 4. The smallest absolute Gasteiger partial charge is 0.329 e. The maximum absolute atomic E-state index is 12.6. The number of carbonyl (C=O) groups is 2. The van der Waals surface area contributed by atoms with Crippen molar-refractivity contribution in [1.82, 2.24) is 9.88 Å². The van der Waals surface area contributed by atoms with Crippen LogP contribution in [-0.4, -0.2) is 34.3 Å². The molecule has 1 saturated heterocycles. The zero-order valence-electron chi connectivity index (χ0n) is 13.6. The van der Waals surface area contributed by atoms with Crippen LogP contribution in [0.25, 0.3) is 0 Å². The van der Waals surface area contributed by atoms with Crippen LogP contribution in [0.15, 0.2) is 48.7 Å². The van der Waals surface area contributed by atoms with Crippen molar-refractivity contribution in [2.24, 2.45) is 0 Å². The van der Waals surface area contributed by atoms with Gasteiger partial charge in [-0.1, -0.05) is 30.3 Å². The van der Waals surface area contributed by atoms with E-state index < -0.39 is 6.04 Å². The molecule has 0 unspecified atom stereocenters. The number of pyridine rings is 1. The molecule has 0 aliphatic carbocycles. The normalized spacial score (nSPS) is 16.9. The van der Waals surface area contributed by atoms with Gasteiger partial charge < -0.3 is 9.64 Å². The first-order valence-corrected chi connectivity index (χ1v) is 8.09. The third kappa shape index (κ3) is 3.62. The number of aryl methyl sites for hydroxylation is 1. The Morgan fingerprint density at radius 3 is 2.71 bits per heavy atom. The van der Waals surface area contributed by atoms with Crippen molar-refractivity contribution in [2.75, 3.05) is 6.54 Å². The van der Waals surface area contributed by atoms with Crippen LogP contribution in [-0.2, 0) is 16.1 Å².